The largest absolute Gasteiger partial charge is 0.466 e. The van der Waals surface area contributed by atoms with Gasteiger partial charge in [0.05, 0.1) is 36.7 Å². The predicted molar refractivity (Wildman–Crippen MR) is 76.4 cm³/mol. The number of benzene rings is 1. The number of nitrogens with zero attached hydrogens (tertiary/aromatic N) is 2. The Morgan fingerprint density at radius 1 is 1.40 bits per heavy atom. The average molecular weight is 276 g/mol. The number of fused-ring (bicyclic) bond motifs is 1. The number of imidazole rings is 1. The van der Waals surface area contributed by atoms with Crippen molar-refractivity contribution in [1.29, 1.82) is 0 Å². The van der Waals surface area contributed by atoms with Gasteiger partial charge in [0.2, 0.25) is 0 Å². The third kappa shape index (κ3) is 3.17. The lowest BCUT2D eigenvalue weighted by Crippen LogP contribution is -2.22. The minimum Gasteiger partial charge on any atom is -0.466 e. The molecule has 108 valence electrons. The topological polar surface area (TPSA) is 64.3 Å². The van der Waals surface area contributed by atoms with E-state index in [4.69, 9.17) is 4.74 Å². The van der Waals surface area contributed by atoms with Crippen molar-refractivity contribution in [2.45, 2.75) is 39.3 Å². The molecule has 0 fully saturated rings. The quantitative estimate of drug-likeness (QED) is 0.819. The van der Waals surface area contributed by atoms with E-state index in [1.54, 1.807) is 6.92 Å². The monoisotopic (exact) mass is 276 g/mol. The summed E-state index contributed by atoms with van der Waals surface area (Å²) in [5.41, 5.74) is 1.89. The maximum atomic E-state index is 11.4. The summed E-state index contributed by atoms with van der Waals surface area (Å²) < 4.78 is 6.82. The highest BCUT2D eigenvalue weighted by Gasteiger charge is 2.16. The van der Waals surface area contributed by atoms with Crippen LogP contribution >= 0.6 is 0 Å². The number of hydrogen-bond acceptors (Lipinski definition) is 4. The summed E-state index contributed by atoms with van der Waals surface area (Å²) in [6.07, 6.45) is 0.0153. The van der Waals surface area contributed by atoms with Gasteiger partial charge in [-0.2, -0.15) is 0 Å². The number of aryl methyl sites for hydroxylation is 1. The Kier molecular flexibility index (Phi) is 4.74. The van der Waals surface area contributed by atoms with E-state index in [1.165, 1.54) is 0 Å². The van der Waals surface area contributed by atoms with Crippen molar-refractivity contribution < 1.29 is 14.6 Å². The van der Waals surface area contributed by atoms with Crippen LogP contribution in [0.2, 0.25) is 0 Å². The number of esters is 1. The van der Waals surface area contributed by atoms with Gasteiger partial charge in [-0.1, -0.05) is 19.1 Å². The van der Waals surface area contributed by atoms with E-state index in [1.807, 2.05) is 35.8 Å². The molecule has 1 aromatic carbocycles. The van der Waals surface area contributed by atoms with Gasteiger partial charge >= 0.3 is 5.97 Å². The lowest BCUT2D eigenvalue weighted by molar-refractivity contribution is -0.145. The summed E-state index contributed by atoms with van der Waals surface area (Å²) in [6, 6.07) is 7.80. The normalized spacial score (nSPS) is 12.6. The van der Waals surface area contributed by atoms with Gasteiger partial charge in [-0.25, -0.2) is 4.98 Å². The molecule has 0 aliphatic carbocycles. The Morgan fingerprint density at radius 2 is 2.15 bits per heavy atom. The lowest BCUT2D eigenvalue weighted by Gasteiger charge is -2.13. The molecular formula is C15H20N2O3. The number of carbonyl (C=O) groups excluding carboxylic acids is 1. The zero-order valence-electron chi connectivity index (χ0n) is 11.9. The van der Waals surface area contributed by atoms with Crippen LogP contribution in [0, 0.1) is 0 Å². The van der Waals surface area contributed by atoms with Crippen LogP contribution in [0.5, 0.6) is 0 Å². The summed E-state index contributed by atoms with van der Waals surface area (Å²) >= 11 is 0. The fourth-order valence-electron chi connectivity index (χ4n) is 2.29. The zero-order chi connectivity index (χ0) is 14.5. The minimum atomic E-state index is -0.767. The van der Waals surface area contributed by atoms with Crippen LogP contribution in [0.1, 0.15) is 26.1 Å². The molecule has 2 aromatic rings. The van der Waals surface area contributed by atoms with Gasteiger partial charge in [-0.15, -0.1) is 0 Å². The molecule has 1 aromatic heterocycles. The Hall–Kier alpha value is -1.88. The average Bonchev–Trinajstić information content (AvgIpc) is 2.77. The summed E-state index contributed by atoms with van der Waals surface area (Å²) in [5, 5.41) is 10.0. The third-order valence-corrected chi connectivity index (χ3v) is 3.15. The summed E-state index contributed by atoms with van der Waals surface area (Å²) in [7, 11) is 0. The molecule has 1 heterocycles. The van der Waals surface area contributed by atoms with Crippen molar-refractivity contribution in [3.63, 3.8) is 0 Å². The number of aromatic nitrogens is 2. The number of hydrogen-bond donors (Lipinski definition) is 1. The van der Waals surface area contributed by atoms with Crippen molar-refractivity contribution >= 4 is 17.0 Å². The van der Waals surface area contributed by atoms with E-state index in [9.17, 15) is 9.90 Å². The van der Waals surface area contributed by atoms with Crippen LogP contribution in [0.15, 0.2) is 24.3 Å². The fraction of sp³-hybridized carbons (Fsp3) is 0.467. The molecule has 2 rings (SSSR count). The van der Waals surface area contributed by atoms with Crippen LogP contribution < -0.4 is 0 Å². The van der Waals surface area contributed by atoms with Crippen molar-refractivity contribution in [3.05, 3.63) is 30.1 Å². The molecule has 0 radical (unpaired) electrons. The molecule has 5 heteroatoms. The van der Waals surface area contributed by atoms with Crippen LogP contribution in [0.4, 0.5) is 0 Å². The van der Waals surface area contributed by atoms with Gasteiger partial charge in [-0.3, -0.25) is 4.79 Å². The van der Waals surface area contributed by atoms with Crippen molar-refractivity contribution in [2.24, 2.45) is 0 Å². The van der Waals surface area contributed by atoms with Gasteiger partial charge < -0.3 is 14.4 Å². The van der Waals surface area contributed by atoms with Crippen LogP contribution in [0.25, 0.3) is 11.0 Å². The van der Waals surface area contributed by atoms with Gasteiger partial charge in [0.1, 0.15) is 5.82 Å². The number of aliphatic hydroxyl groups excluding tert-OH is 1. The first-order chi connectivity index (χ1) is 9.65. The fourth-order valence-corrected chi connectivity index (χ4v) is 2.29. The molecule has 0 spiro atoms. The molecule has 0 bridgehead atoms. The standard InChI is InChI=1S/C15H20N2O3/c1-3-14-16-12-7-5-6-8-13(12)17(14)10-11(18)9-15(19)20-4-2/h5-8,11,18H,3-4,9-10H2,1-2H3. The molecule has 0 aliphatic rings. The Morgan fingerprint density at radius 3 is 2.85 bits per heavy atom. The van der Waals surface area contributed by atoms with E-state index in [0.717, 1.165) is 23.3 Å². The molecule has 1 N–H and O–H groups in total. The van der Waals surface area contributed by atoms with E-state index < -0.39 is 6.10 Å². The lowest BCUT2D eigenvalue weighted by atomic mass is 10.2. The third-order valence-electron chi connectivity index (χ3n) is 3.15. The highest BCUT2D eigenvalue weighted by molar-refractivity contribution is 5.76. The van der Waals surface area contributed by atoms with Crippen molar-refractivity contribution in [3.8, 4) is 0 Å². The SMILES string of the molecule is CCOC(=O)CC(O)Cn1c(CC)nc2ccccc21. The molecule has 1 unspecified atom stereocenters. The summed E-state index contributed by atoms with van der Waals surface area (Å²) in [4.78, 5) is 15.9. The Labute approximate surface area is 118 Å². The summed E-state index contributed by atoms with van der Waals surface area (Å²) in [5.74, 6) is 0.538. The molecule has 1 atom stereocenters. The number of rotatable bonds is 6. The molecule has 5 nitrogen and oxygen atoms in total. The first-order valence-corrected chi connectivity index (χ1v) is 6.93. The second kappa shape index (κ2) is 6.52. The molecule has 0 aliphatic heterocycles. The molecule has 0 saturated carbocycles. The maximum Gasteiger partial charge on any atom is 0.308 e. The highest BCUT2D eigenvalue weighted by atomic mass is 16.5. The van der Waals surface area contributed by atoms with E-state index in [0.29, 0.717) is 13.2 Å². The van der Waals surface area contributed by atoms with Gasteiger partial charge in [0, 0.05) is 6.42 Å². The first kappa shape index (κ1) is 14.5. The number of ether oxygens (including phenoxy) is 1. The number of carbonyl (C=O) groups is 1. The number of para-hydroxylation sites is 2. The maximum absolute atomic E-state index is 11.4. The van der Waals surface area contributed by atoms with E-state index in [2.05, 4.69) is 4.98 Å². The summed E-state index contributed by atoms with van der Waals surface area (Å²) in [6.45, 7) is 4.46. The van der Waals surface area contributed by atoms with Gasteiger partial charge in [0.15, 0.2) is 0 Å². The highest BCUT2D eigenvalue weighted by Crippen LogP contribution is 2.17. The van der Waals surface area contributed by atoms with Gasteiger partial charge in [0.25, 0.3) is 0 Å². The molecule has 0 amide bonds. The van der Waals surface area contributed by atoms with E-state index >= 15 is 0 Å². The molecule has 20 heavy (non-hydrogen) atoms. The smallest absolute Gasteiger partial charge is 0.308 e. The van der Waals surface area contributed by atoms with Crippen molar-refractivity contribution in [1.82, 2.24) is 9.55 Å². The Balaban J connectivity index is 2.17. The van der Waals surface area contributed by atoms with Crippen LogP contribution in [-0.2, 0) is 22.5 Å². The Bertz CT molecular complexity index is 592. The zero-order valence-corrected chi connectivity index (χ0v) is 11.9. The van der Waals surface area contributed by atoms with E-state index in [-0.39, 0.29) is 12.4 Å². The second-order valence-electron chi connectivity index (χ2n) is 4.64. The first-order valence-electron chi connectivity index (χ1n) is 6.93. The van der Waals surface area contributed by atoms with Crippen molar-refractivity contribution in [2.75, 3.05) is 6.61 Å². The predicted octanol–water partition coefficient (Wildman–Crippen LogP) is 1.91. The minimum absolute atomic E-state index is 0.00347. The second-order valence-corrected chi connectivity index (χ2v) is 4.64. The van der Waals surface area contributed by atoms with Crippen LogP contribution in [-0.4, -0.2) is 33.3 Å². The van der Waals surface area contributed by atoms with Crippen LogP contribution in [0.3, 0.4) is 0 Å². The van der Waals surface area contributed by atoms with Gasteiger partial charge in [-0.05, 0) is 19.1 Å². The molecular weight excluding hydrogens is 256 g/mol. The molecule has 0 saturated heterocycles. The number of aliphatic hydroxyl groups is 1.